The first-order valence-corrected chi connectivity index (χ1v) is 9.32. The number of carbonyl (C=O) groups is 1. The molecular formula is C18H21NO5S. The van der Waals surface area contributed by atoms with Gasteiger partial charge in [0.05, 0.1) is 24.9 Å². The van der Waals surface area contributed by atoms with Gasteiger partial charge in [0.1, 0.15) is 0 Å². The molecule has 6 nitrogen and oxygen atoms in total. The molecule has 0 aliphatic rings. The van der Waals surface area contributed by atoms with Crippen molar-refractivity contribution in [2.45, 2.75) is 11.8 Å². The molecule has 7 heteroatoms. The molecule has 0 spiro atoms. The van der Waals surface area contributed by atoms with Crippen molar-refractivity contribution < 1.29 is 22.7 Å². The number of sulfone groups is 1. The zero-order valence-electron chi connectivity index (χ0n) is 14.4. The maximum Gasteiger partial charge on any atom is 0.251 e. The van der Waals surface area contributed by atoms with E-state index in [1.54, 1.807) is 12.1 Å². The third-order valence-corrected chi connectivity index (χ3v) is 5.40. The highest BCUT2D eigenvalue weighted by molar-refractivity contribution is 7.91. The summed E-state index contributed by atoms with van der Waals surface area (Å²) in [7, 11) is -0.633. The Labute approximate surface area is 147 Å². The minimum absolute atomic E-state index is 0.0172. The van der Waals surface area contributed by atoms with Crippen LogP contribution >= 0.6 is 0 Å². The van der Waals surface area contributed by atoms with Gasteiger partial charge in [0.15, 0.2) is 21.3 Å². The average molecular weight is 363 g/mol. The van der Waals surface area contributed by atoms with Crippen molar-refractivity contribution in [2.75, 3.05) is 26.5 Å². The van der Waals surface area contributed by atoms with E-state index in [0.29, 0.717) is 17.1 Å². The van der Waals surface area contributed by atoms with Crippen LogP contribution in [-0.2, 0) is 9.84 Å². The summed E-state index contributed by atoms with van der Waals surface area (Å²) in [5.74, 6) is 0.281. The molecule has 0 fully saturated rings. The van der Waals surface area contributed by atoms with Crippen molar-refractivity contribution in [3.63, 3.8) is 0 Å². The second-order valence-electron chi connectivity index (χ2n) is 5.46. The number of methoxy groups -OCH3 is 2. The predicted molar refractivity (Wildman–Crippen MR) is 95.1 cm³/mol. The number of amides is 1. The highest BCUT2D eigenvalue weighted by atomic mass is 32.2. The van der Waals surface area contributed by atoms with Gasteiger partial charge < -0.3 is 14.8 Å². The van der Waals surface area contributed by atoms with Crippen molar-refractivity contribution in [3.05, 3.63) is 53.6 Å². The summed E-state index contributed by atoms with van der Waals surface area (Å²) in [5, 5.41) is 2.62. The van der Waals surface area contributed by atoms with E-state index in [-0.39, 0.29) is 23.1 Å². The van der Waals surface area contributed by atoms with Crippen LogP contribution in [0.4, 0.5) is 0 Å². The minimum atomic E-state index is -3.55. The van der Waals surface area contributed by atoms with Crippen LogP contribution in [-0.4, -0.2) is 40.8 Å². The number of hydrogen-bond acceptors (Lipinski definition) is 5. The van der Waals surface area contributed by atoms with Gasteiger partial charge in [-0.05, 0) is 31.2 Å². The number of rotatable bonds is 7. The Morgan fingerprint density at radius 2 is 1.64 bits per heavy atom. The maximum atomic E-state index is 12.4. The lowest BCUT2D eigenvalue weighted by Gasteiger charge is -2.11. The molecular weight excluding hydrogens is 342 g/mol. The van der Waals surface area contributed by atoms with Crippen LogP contribution in [0, 0.1) is 6.92 Å². The summed E-state index contributed by atoms with van der Waals surface area (Å²) in [6.07, 6.45) is 0. The summed E-state index contributed by atoms with van der Waals surface area (Å²) in [6.45, 7) is 1.95. The van der Waals surface area contributed by atoms with Crippen molar-refractivity contribution in [2.24, 2.45) is 0 Å². The highest BCUT2D eigenvalue weighted by Crippen LogP contribution is 2.29. The van der Waals surface area contributed by atoms with E-state index in [1.165, 1.54) is 32.4 Å². The van der Waals surface area contributed by atoms with Crippen molar-refractivity contribution >= 4 is 15.7 Å². The monoisotopic (exact) mass is 363 g/mol. The third-order valence-electron chi connectivity index (χ3n) is 3.68. The highest BCUT2D eigenvalue weighted by Gasteiger charge is 2.17. The molecule has 0 saturated heterocycles. The van der Waals surface area contributed by atoms with Crippen molar-refractivity contribution in [1.82, 2.24) is 5.32 Å². The Kier molecular flexibility index (Phi) is 6.03. The lowest BCUT2D eigenvalue weighted by atomic mass is 10.1. The lowest BCUT2D eigenvalue weighted by molar-refractivity contribution is 0.0956. The van der Waals surface area contributed by atoms with E-state index in [9.17, 15) is 13.2 Å². The van der Waals surface area contributed by atoms with Crippen LogP contribution in [0.15, 0.2) is 47.4 Å². The third kappa shape index (κ3) is 4.73. The van der Waals surface area contributed by atoms with Gasteiger partial charge in [0, 0.05) is 18.2 Å². The molecule has 25 heavy (non-hydrogen) atoms. The SMILES string of the molecule is COc1ccc(S(=O)(=O)CCNC(=O)c2ccc(C)cc2)cc1OC. The summed E-state index contributed by atoms with van der Waals surface area (Å²) in [4.78, 5) is 12.1. The van der Waals surface area contributed by atoms with Gasteiger partial charge >= 0.3 is 0 Å². The van der Waals surface area contributed by atoms with Crippen molar-refractivity contribution in [3.8, 4) is 11.5 Å². The molecule has 0 bridgehead atoms. The van der Waals surface area contributed by atoms with Crippen LogP contribution in [0.3, 0.4) is 0 Å². The number of carbonyl (C=O) groups excluding carboxylic acids is 1. The molecule has 2 aromatic rings. The van der Waals surface area contributed by atoms with Crippen LogP contribution in [0.5, 0.6) is 11.5 Å². The molecule has 0 aliphatic heterocycles. The molecule has 2 rings (SSSR count). The molecule has 0 heterocycles. The Balaban J connectivity index is 2.02. The van der Waals surface area contributed by atoms with E-state index >= 15 is 0 Å². The standard InChI is InChI=1S/C18H21NO5S/c1-13-4-6-14(7-5-13)18(20)19-10-11-25(21,22)15-8-9-16(23-2)17(12-15)24-3/h4-9,12H,10-11H2,1-3H3,(H,19,20). The second-order valence-corrected chi connectivity index (χ2v) is 7.57. The van der Waals surface area contributed by atoms with Crippen LogP contribution in [0.2, 0.25) is 0 Å². The van der Waals surface area contributed by atoms with E-state index in [4.69, 9.17) is 9.47 Å². The number of aryl methyl sites for hydroxylation is 1. The van der Waals surface area contributed by atoms with Crippen LogP contribution in [0.1, 0.15) is 15.9 Å². The summed E-state index contributed by atoms with van der Waals surface area (Å²) < 4.78 is 35.0. The molecule has 0 aliphatic carbocycles. The predicted octanol–water partition coefficient (Wildman–Crippen LogP) is 2.22. The molecule has 1 amide bonds. The number of hydrogen-bond donors (Lipinski definition) is 1. The van der Waals surface area contributed by atoms with Gasteiger partial charge in [0.25, 0.3) is 5.91 Å². The molecule has 0 unspecified atom stereocenters. The van der Waals surface area contributed by atoms with Gasteiger partial charge in [0.2, 0.25) is 0 Å². The fraction of sp³-hybridized carbons (Fsp3) is 0.278. The quantitative estimate of drug-likeness (QED) is 0.816. The number of ether oxygens (including phenoxy) is 2. The van der Waals surface area contributed by atoms with Crippen LogP contribution in [0.25, 0.3) is 0 Å². The number of nitrogens with one attached hydrogen (secondary N) is 1. The van der Waals surface area contributed by atoms with Gasteiger partial charge in [-0.2, -0.15) is 0 Å². The maximum absolute atomic E-state index is 12.4. The summed E-state index contributed by atoms with van der Waals surface area (Å²) in [5.41, 5.74) is 1.54. The fourth-order valence-corrected chi connectivity index (χ4v) is 3.40. The number of benzene rings is 2. The zero-order valence-corrected chi connectivity index (χ0v) is 15.2. The van der Waals surface area contributed by atoms with Gasteiger partial charge in [-0.15, -0.1) is 0 Å². The topological polar surface area (TPSA) is 81.7 Å². The molecule has 0 atom stereocenters. The summed E-state index contributed by atoms with van der Waals surface area (Å²) >= 11 is 0. The molecule has 1 N–H and O–H groups in total. The minimum Gasteiger partial charge on any atom is -0.493 e. The van der Waals surface area contributed by atoms with Gasteiger partial charge in [-0.1, -0.05) is 17.7 Å². The average Bonchev–Trinajstić information content (AvgIpc) is 2.61. The smallest absolute Gasteiger partial charge is 0.251 e. The first-order chi connectivity index (χ1) is 11.9. The largest absolute Gasteiger partial charge is 0.493 e. The zero-order chi connectivity index (χ0) is 18.4. The first-order valence-electron chi connectivity index (χ1n) is 7.67. The molecule has 0 radical (unpaired) electrons. The Morgan fingerprint density at radius 3 is 2.24 bits per heavy atom. The normalized spacial score (nSPS) is 11.0. The van der Waals surface area contributed by atoms with Gasteiger partial charge in [-0.25, -0.2) is 8.42 Å². The fourth-order valence-electron chi connectivity index (χ4n) is 2.23. The van der Waals surface area contributed by atoms with Crippen LogP contribution < -0.4 is 14.8 Å². The molecule has 0 saturated carbocycles. The van der Waals surface area contributed by atoms with E-state index in [0.717, 1.165) is 5.56 Å². The van der Waals surface area contributed by atoms with E-state index < -0.39 is 9.84 Å². The summed E-state index contributed by atoms with van der Waals surface area (Å²) in [6, 6.07) is 11.5. The van der Waals surface area contributed by atoms with E-state index in [2.05, 4.69) is 5.32 Å². The Morgan fingerprint density at radius 1 is 1.00 bits per heavy atom. The molecule has 0 aromatic heterocycles. The molecule has 2 aromatic carbocycles. The second kappa shape index (κ2) is 8.02. The Hall–Kier alpha value is -2.54. The Bertz CT molecular complexity index is 844. The van der Waals surface area contributed by atoms with E-state index in [1.807, 2.05) is 19.1 Å². The first kappa shape index (κ1) is 18.8. The molecule has 134 valence electrons. The van der Waals surface area contributed by atoms with Crippen molar-refractivity contribution in [1.29, 1.82) is 0 Å². The van der Waals surface area contributed by atoms with Gasteiger partial charge in [-0.3, -0.25) is 4.79 Å². The lowest BCUT2D eigenvalue weighted by Crippen LogP contribution is -2.29.